The minimum absolute atomic E-state index is 0.416. The summed E-state index contributed by atoms with van der Waals surface area (Å²) in [6.07, 6.45) is 0. The van der Waals surface area contributed by atoms with Crippen LogP contribution in [0.4, 0.5) is 8.78 Å². The Morgan fingerprint density at radius 3 is 1.80 bits per heavy atom. The van der Waals surface area contributed by atoms with E-state index >= 15 is 0 Å². The third-order valence-electron chi connectivity index (χ3n) is 0.789. The van der Waals surface area contributed by atoms with Gasteiger partial charge in [-0.25, -0.2) is 0 Å². The van der Waals surface area contributed by atoms with Crippen molar-refractivity contribution in [1.82, 2.24) is 0 Å². The van der Waals surface area contributed by atoms with Crippen LogP contribution in [0, 0.1) is 0 Å². The number of carbonyl (C=O) groups excluding carboxylic acids is 1. The smallest absolute Gasteiger partial charge is 0.320 e. The minimum atomic E-state index is -5.61. The first-order valence-electron chi connectivity index (χ1n) is 2.14. The predicted octanol–water partition coefficient (Wildman–Crippen LogP) is 0.346. The zero-order chi connectivity index (χ0) is 8.58. The molecule has 2 N–H and O–H groups in total. The predicted molar refractivity (Wildman–Crippen MR) is 27.7 cm³/mol. The fourth-order valence-electron chi connectivity index (χ4n) is 0.205. The van der Waals surface area contributed by atoms with Crippen LogP contribution in [0.3, 0.4) is 0 Å². The van der Waals surface area contributed by atoms with Gasteiger partial charge in [-0.15, -0.1) is 0 Å². The van der Waals surface area contributed by atoms with E-state index in [1.54, 1.807) is 0 Å². The maximum absolute atomic E-state index is 11.9. The van der Waals surface area contributed by atoms with Crippen molar-refractivity contribution in [1.29, 1.82) is 0 Å². The quantitative estimate of drug-likeness (QED) is 0.592. The summed E-state index contributed by atoms with van der Waals surface area (Å²) >= 11 is 0. The Morgan fingerprint density at radius 2 is 1.80 bits per heavy atom. The van der Waals surface area contributed by atoms with E-state index in [0.29, 0.717) is 6.92 Å². The number of ketones is 1. The number of Topliss-reactive ketones (excluding diaryl/α,β-unsaturated/α-hetero) is 1. The van der Waals surface area contributed by atoms with E-state index in [1.165, 1.54) is 0 Å². The highest BCUT2D eigenvalue weighted by Crippen LogP contribution is 2.52. The van der Waals surface area contributed by atoms with E-state index in [4.69, 9.17) is 9.79 Å². The van der Waals surface area contributed by atoms with E-state index < -0.39 is 19.0 Å². The van der Waals surface area contributed by atoms with Crippen LogP contribution in [0.15, 0.2) is 0 Å². The van der Waals surface area contributed by atoms with Crippen LogP contribution in [0.1, 0.15) is 6.92 Å². The van der Waals surface area contributed by atoms with Gasteiger partial charge in [0, 0.05) is 6.92 Å². The van der Waals surface area contributed by atoms with Crippen LogP contribution in [0.5, 0.6) is 0 Å². The topological polar surface area (TPSA) is 74.6 Å². The standard InChI is InChI=1S/C3H5F2O4P/c1-2(6)3(4,5)10(7,8)9/h1H3,(H2,7,8,9). The second-order valence-corrected chi connectivity index (χ2v) is 3.29. The van der Waals surface area contributed by atoms with Crippen LogP contribution in [0.25, 0.3) is 0 Å². The molecule has 0 aromatic rings. The molecule has 0 unspecified atom stereocenters. The van der Waals surface area contributed by atoms with Crippen LogP contribution in [-0.4, -0.2) is 21.2 Å². The molecule has 0 aromatic heterocycles. The molecule has 4 nitrogen and oxygen atoms in total. The third-order valence-corrected chi connectivity index (χ3v) is 1.84. The van der Waals surface area contributed by atoms with Gasteiger partial charge in [-0.2, -0.15) is 8.78 Å². The van der Waals surface area contributed by atoms with Crippen molar-refractivity contribution in [2.45, 2.75) is 12.6 Å². The Morgan fingerprint density at radius 1 is 1.50 bits per heavy atom. The summed E-state index contributed by atoms with van der Waals surface area (Å²) in [6, 6.07) is 0. The van der Waals surface area contributed by atoms with Crippen molar-refractivity contribution >= 4 is 13.4 Å². The number of alkyl halides is 2. The van der Waals surface area contributed by atoms with E-state index in [0.717, 1.165) is 0 Å². The molecule has 10 heavy (non-hydrogen) atoms. The molecule has 0 aliphatic heterocycles. The first kappa shape index (κ1) is 9.68. The average Bonchev–Trinajstić information content (AvgIpc) is 1.62. The molecule has 0 aromatic carbocycles. The van der Waals surface area contributed by atoms with Crippen LogP contribution in [0.2, 0.25) is 0 Å². The SMILES string of the molecule is CC(=O)C(F)(F)P(=O)(O)O. The molecule has 0 aliphatic carbocycles. The number of hydrogen-bond donors (Lipinski definition) is 2. The van der Waals surface area contributed by atoms with E-state index in [-0.39, 0.29) is 0 Å². The molecule has 0 heterocycles. The van der Waals surface area contributed by atoms with Gasteiger partial charge < -0.3 is 9.79 Å². The highest BCUT2D eigenvalue weighted by molar-refractivity contribution is 7.54. The Labute approximate surface area is 55.0 Å². The first-order chi connectivity index (χ1) is 4.19. The summed E-state index contributed by atoms with van der Waals surface area (Å²) in [5.74, 6) is -1.83. The lowest BCUT2D eigenvalue weighted by molar-refractivity contribution is -0.132. The maximum atomic E-state index is 11.9. The zero-order valence-corrected chi connectivity index (χ0v) is 5.81. The molecule has 0 rings (SSSR count). The fraction of sp³-hybridized carbons (Fsp3) is 0.667. The molecule has 0 atom stereocenters. The molecule has 0 saturated carbocycles. The summed E-state index contributed by atoms with van der Waals surface area (Å²) < 4.78 is 33.7. The van der Waals surface area contributed by atoms with Gasteiger partial charge in [-0.3, -0.25) is 9.36 Å². The van der Waals surface area contributed by atoms with E-state index in [9.17, 15) is 18.1 Å². The van der Waals surface area contributed by atoms with Gasteiger partial charge in [0.2, 0.25) is 5.78 Å². The van der Waals surface area contributed by atoms with Crippen LogP contribution < -0.4 is 0 Å². The van der Waals surface area contributed by atoms with Gasteiger partial charge in [0.1, 0.15) is 0 Å². The highest BCUT2D eigenvalue weighted by Gasteiger charge is 2.53. The van der Waals surface area contributed by atoms with E-state index in [2.05, 4.69) is 0 Å². The molecule has 0 radical (unpaired) electrons. The fourth-order valence-corrected chi connectivity index (χ4v) is 0.615. The summed E-state index contributed by atoms with van der Waals surface area (Å²) in [7, 11) is -5.61. The molecule has 0 amide bonds. The summed E-state index contributed by atoms with van der Waals surface area (Å²) in [6.45, 7) is 0.416. The summed E-state index contributed by atoms with van der Waals surface area (Å²) in [4.78, 5) is 25.6. The Hall–Kier alpha value is -0.320. The zero-order valence-electron chi connectivity index (χ0n) is 4.91. The lowest BCUT2D eigenvalue weighted by Crippen LogP contribution is -2.25. The summed E-state index contributed by atoms with van der Waals surface area (Å²) in [5, 5.41) is 0. The van der Waals surface area contributed by atoms with Crippen molar-refractivity contribution in [2.24, 2.45) is 0 Å². The van der Waals surface area contributed by atoms with Crippen molar-refractivity contribution in [3.05, 3.63) is 0 Å². The van der Waals surface area contributed by atoms with E-state index in [1.807, 2.05) is 0 Å². The lowest BCUT2D eigenvalue weighted by atomic mass is 10.5. The average molecular weight is 174 g/mol. The highest BCUT2D eigenvalue weighted by atomic mass is 31.2. The molecule has 0 saturated heterocycles. The summed E-state index contributed by atoms with van der Waals surface area (Å²) in [5.41, 5.74) is -4.53. The van der Waals surface area contributed by atoms with Crippen molar-refractivity contribution in [2.75, 3.05) is 0 Å². The Bertz CT molecular complexity index is 195. The number of hydrogen-bond acceptors (Lipinski definition) is 2. The van der Waals surface area contributed by atoms with Gasteiger partial charge >= 0.3 is 13.3 Å². The van der Waals surface area contributed by atoms with Gasteiger partial charge in [0.25, 0.3) is 0 Å². The van der Waals surface area contributed by atoms with Gasteiger partial charge in [-0.1, -0.05) is 0 Å². The lowest BCUT2D eigenvalue weighted by Gasteiger charge is -2.12. The number of halogens is 2. The molecule has 0 bridgehead atoms. The second kappa shape index (κ2) is 2.38. The molecule has 0 fully saturated rings. The van der Waals surface area contributed by atoms with Gasteiger partial charge in [0.15, 0.2) is 0 Å². The van der Waals surface area contributed by atoms with Gasteiger partial charge in [0.05, 0.1) is 0 Å². The van der Waals surface area contributed by atoms with Crippen molar-refractivity contribution < 1.29 is 27.9 Å². The second-order valence-electron chi connectivity index (χ2n) is 1.64. The molecular formula is C3H5F2O4P. The minimum Gasteiger partial charge on any atom is -0.320 e. The van der Waals surface area contributed by atoms with Crippen LogP contribution in [-0.2, 0) is 9.36 Å². The van der Waals surface area contributed by atoms with Crippen molar-refractivity contribution in [3.8, 4) is 0 Å². The largest absolute Gasteiger partial charge is 0.402 e. The maximum Gasteiger partial charge on any atom is 0.402 e. The molecule has 0 aliphatic rings. The van der Waals surface area contributed by atoms with Gasteiger partial charge in [-0.05, 0) is 0 Å². The molecule has 7 heteroatoms. The monoisotopic (exact) mass is 174 g/mol. The molecule has 0 spiro atoms. The third kappa shape index (κ3) is 1.59. The first-order valence-corrected chi connectivity index (χ1v) is 3.75. The van der Waals surface area contributed by atoms with Crippen molar-refractivity contribution in [3.63, 3.8) is 0 Å². The molecular weight excluding hydrogens is 169 g/mol. The Kier molecular flexibility index (Phi) is 2.30. The number of carbonyl (C=O) groups is 1. The number of rotatable bonds is 2. The normalized spacial score (nSPS) is 13.3. The Balaban J connectivity index is 4.75. The van der Waals surface area contributed by atoms with Crippen LogP contribution >= 0.6 is 7.60 Å². The molecule has 60 valence electrons.